The van der Waals surface area contributed by atoms with Gasteiger partial charge in [-0.15, -0.1) is 0 Å². The van der Waals surface area contributed by atoms with Crippen molar-refractivity contribution in [3.05, 3.63) is 0 Å². The maximum atomic E-state index is 9.84. The number of carboxylic acids is 1. The van der Waals surface area contributed by atoms with Crippen LogP contribution < -0.4 is 5.11 Å². The van der Waals surface area contributed by atoms with Gasteiger partial charge in [0.2, 0.25) is 0 Å². The first kappa shape index (κ1) is 7.39. The fourth-order valence-corrected chi connectivity index (χ4v) is 0.122. The summed E-state index contributed by atoms with van der Waals surface area (Å²) in [4.78, 5) is 9.78. The van der Waals surface area contributed by atoms with Crippen molar-refractivity contribution in [2.24, 2.45) is 5.92 Å². The Morgan fingerprint density at radius 2 is 2.12 bits per heavy atom. The van der Waals surface area contributed by atoms with Crippen molar-refractivity contribution in [3.63, 3.8) is 0 Å². The summed E-state index contributed by atoms with van der Waals surface area (Å²) in [5.74, 6) is -2.48. The standard InChI is InChI=1S/C4H7O4/c1-2(3(5)6)4(7)8/h2-3,5H,1H3,(H,7,8)/q-1. The van der Waals surface area contributed by atoms with Crippen molar-refractivity contribution >= 4 is 5.97 Å². The summed E-state index contributed by atoms with van der Waals surface area (Å²) in [6.07, 6.45) is -2.01. The highest BCUT2D eigenvalue weighted by molar-refractivity contribution is 5.69. The molecule has 0 heterocycles. The Kier molecular flexibility index (Phi) is 2.44. The van der Waals surface area contributed by atoms with Gasteiger partial charge in [-0.25, -0.2) is 0 Å². The summed E-state index contributed by atoms with van der Waals surface area (Å²) < 4.78 is 0. The van der Waals surface area contributed by atoms with E-state index in [0.717, 1.165) is 6.92 Å². The molecule has 0 aromatic heterocycles. The van der Waals surface area contributed by atoms with Crippen molar-refractivity contribution in [3.8, 4) is 0 Å². The molecule has 0 fully saturated rings. The Labute approximate surface area is 46.4 Å². The molecule has 0 saturated heterocycles. The van der Waals surface area contributed by atoms with E-state index in [2.05, 4.69) is 0 Å². The quantitative estimate of drug-likeness (QED) is 0.428. The molecule has 0 aliphatic rings. The molecule has 0 rings (SSSR count). The first-order valence-electron chi connectivity index (χ1n) is 2.12. The van der Waals surface area contributed by atoms with Crippen LogP contribution in [-0.4, -0.2) is 22.5 Å². The second kappa shape index (κ2) is 2.64. The second-order valence-electron chi connectivity index (χ2n) is 1.52. The molecule has 0 bridgehead atoms. The van der Waals surface area contributed by atoms with Gasteiger partial charge in [-0.1, -0.05) is 6.92 Å². The van der Waals surface area contributed by atoms with Gasteiger partial charge >= 0.3 is 5.97 Å². The largest absolute Gasteiger partial charge is 0.831 e. The van der Waals surface area contributed by atoms with Crippen LogP contribution in [-0.2, 0) is 4.79 Å². The minimum Gasteiger partial charge on any atom is -0.831 e. The van der Waals surface area contributed by atoms with E-state index in [1.54, 1.807) is 0 Å². The maximum Gasteiger partial charge on any atom is 0.307 e. The van der Waals surface area contributed by atoms with Gasteiger partial charge in [0.15, 0.2) is 0 Å². The highest BCUT2D eigenvalue weighted by atomic mass is 16.5. The van der Waals surface area contributed by atoms with Crippen LogP contribution in [0.25, 0.3) is 0 Å². The molecule has 0 radical (unpaired) electrons. The molecule has 0 amide bonds. The van der Waals surface area contributed by atoms with Crippen LogP contribution in [0, 0.1) is 5.92 Å². The molecule has 0 saturated carbocycles. The molecule has 4 heteroatoms. The highest BCUT2D eigenvalue weighted by Crippen LogP contribution is 1.94. The molecule has 2 unspecified atom stereocenters. The number of aliphatic carboxylic acids is 1. The van der Waals surface area contributed by atoms with Gasteiger partial charge in [0.05, 0.1) is 5.92 Å². The Morgan fingerprint density at radius 1 is 1.75 bits per heavy atom. The van der Waals surface area contributed by atoms with Gasteiger partial charge in [-0.05, 0) is 6.29 Å². The molecule has 0 aliphatic carbocycles. The van der Waals surface area contributed by atoms with E-state index < -0.39 is 18.2 Å². The topological polar surface area (TPSA) is 80.6 Å². The monoisotopic (exact) mass is 119 g/mol. The first-order chi connectivity index (χ1) is 3.55. The van der Waals surface area contributed by atoms with E-state index in [-0.39, 0.29) is 0 Å². The van der Waals surface area contributed by atoms with Crippen LogP contribution in [0.3, 0.4) is 0 Å². The molecular weight excluding hydrogens is 112 g/mol. The number of aliphatic hydroxyl groups excluding tert-OH is 1. The number of rotatable bonds is 2. The zero-order chi connectivity index (χ0) is 6.73. The van der Waals surface area contributed by atoms with E-state index in [4.69, 9.17) is 10.2 Å². The van der Waals surface area contributed by atoms with Gasteiger partial charge in [-0.2, -0.15) is 0 Å². The van der Waals surface area contributed by atoms with Crippen LogP contribution >= 0.6 is 0 Å². The number of carbonyl (C=O) groups is 1. The molecular formula is C4H7O4-. The predicted molar refractivity (Wildman–Crippen MR) is 22.8 cm³/mol. The van der Waals surface area contributed by atoms with Gasteiger partial charge in [0, 0.05) is 0 Å². The molecule has 0 aromatic rings. The third-order valence-electron chi connectivity index (χ3n) is 0.817. The minimum absolute atomic E-state index is 1.15. The molecule has 0 spiro atoms. The second-order valence-corrected chi connectivity index (χ2v) is 1.52. The maximum absolute atomic E-state index is 9.84. The average Bonchev–Trinajstić information content (AvgIpc) is 1.64. The van der Waals surface area contributed by atoms with Gasteiger partial charge in [0.25, 0.3) is 0 Å². The predicted octanol–water partition coefficient (Wildman–Crippen LogP) is -1.61. The molecule has 0 aromatic carbocycles. The minimum atomic E-state index is -2.01. The third-order valence-corrected chi connectivity index (χ3v) is 0.817. The SMILES string of the molecule is CC(C(=O)O)C([O-])O. The summed E-state index contributed by atoms with van der Waals surface area (Å²) in [6.45, 7) is 1.15. The lowest BCUT2D eigenvalue weighted by molar-refractivity contribution is -0.491. The summed E-state index contributed by atoms with van der Waals surface area (Å²) >= 11 is 0. The van der Waals surface area contributed by atoms with Crippen molar-refractivity contribution in [2.75, 3.05) is 0 Å². The zero-order valence-corrected chi connectivity index (χ0v) is 4.37. The van der Waals surface area contributed by atoms with Crippen LogP contribution in [0.2, 0.25) is 0 Å². The van der Waals surface area contributed by atoms with E-state index in [9.17, 15) is 9.90 Å². The molecule has 2 atom stereocenters. The smallest absolute Gasteiger partial charge is 0.307 e. The van der Waals surface area contributed by atoms with Crippen LogP contribution in [0.15, 0.2) is 0 Å². The third kappa shape index (κ3) is 1.90. The molecule has 4 nitrogen and oxygen atoms in total. The molecule has 8 heavy (non-hydrogen) atoms. The number of aliphatic hydroxyl groups is 1. The Balaban J connectivity index is 3.64. The van der Waals surface area contributed by atoms with E-state index in [0.29, 0.717) is 0 Å². The van der Waals surface area contributed by atoms with Crippen molar-refractivity contribution < 1.29 is 20.1 Å². The van der Waals surface area contributed by atoms with Gasteiger partial charge < -0.3 is 15.3 Å². The average molecular weight is 119 g/mol. The fraction of sp³-hybridized carbons (Fsp3) is 0.750. The van der Waals surface area contributed by atoms with Crippen molar-refractivity contribution in [1.82, 2.24) is 0 Å². The molecule has 0 aliphatic heterocycles. The zero-order valence-electron chi connectivity index (χ0n) is 4.37. The lowest BCUT2D eigenvalue weighted by Crippen LogP contribution is -2.36. The number of hydrogen-bond donors (Lipinski definition) is 2. The van der Waals surface area contributed by atoms with Gasteiger partial charge in [-0.3, -0.25) is 4.79 Å². The first-order valence-corrected chi connectivity index (χ1v) is 2.12. The number of hydrogen-bond acceptors (Lipinski definition) is 3. The Hall–Kier alpha value is -0.610. The highest BCUT2D eigenvalue weighted by Gasteiger charge is 2.10. The van der Waals surface area contributed by atoms with Crippen LogP contribution in [0.1, 0.15) is 6.92 Å². The summed E-state index contributed by atoms with van der Waals surface area (Å²) in [6, 6.07) is 0. The fourth-order valence-electron chi connectivity index (χ4n) is 0.122. The van der Waals surface area contributed by atoms with Crippen molar-refractivity contribution in [2.45, 2.75) is 13.2 Å². The van der Waals surface area contributed by atoms with E-state index in [1.807, 2.05) is 0 Å². The van der Waals surface area contributed by atoms with E-state index >= 15 is 0 Å². The number of carboxylic acid groups (broad SMARTS) is 1. The molecule has 2 N–H and O–H groups in total. The van der Waals surface area contributed by atoms with Gasteiger partial charge in [0.1, 0.15) is 0 Å². The normalized spacial score (nSPS) is 17.4. The summed E-state index contributed by atoms with van der Waals surface area (Å²) in [7, 11) is 0. The Bertz CT molecular complexity index is 88.0. The van der Waals surface area contributed by atoms with E-state index in [1.165, 1.54) is 0 Å². The van der Waals surface area contributed by atoms with Crippen molar-refractivity contribution in [1.29, 1.82) is 0 Å². The Morgan fingerprint density at radius 3 is 2.12 bits per heavy atom. The molecule has 48 valence electrons. The summed E-state index contributed by atoms with van der Waals surface area (Å²) in [5.41, 5.74) is 0. The van der Waals surface area contributed by atoms with Crippen LogP contribution in [0.5, 0.6) is 0 Å². The van der Waals surface area contributed by atoms with Crippen LogP contribution in [0.4, 0.5) is 0 Å². The summed E-state index contributed by atoms with van der Waals surface area (Å²) in [5, 5.41) is 25.9. The lowest BCUT2D eigenvalue weighted by atomic mass is 10.2. The lowest BCUT2D eigenvalue weighted by Gasteiger charge is -2.18.